The van der Waals surface area contributed by atoms with E-state index in [4.69, 9.17) is 5.73 Å². The minimum absolute atomic E-state index is 0.802. The Morgan fingerprint density at radius 1 is 1.43 bits per heavy atom. The van der Waals surface area contributed by atoms with E-state index in [9.17, 15) is 0 Å². The third kappa shape index (κ3) is 2.07. The fraction of sp³-hybridized carbons (Fsp3) is 0.500. The summed E-state index contributed by atoms with van der Waals surface area (Å²) in [6.45, 7) is 1.02. The number of benzene rings is 1. The van der Waals surface area contributed by atoms with Gasteiger partial charge in [-0.15, -0.1) is 0 Å². The Hall–Kier alpha value is -1.02. The quantitative estimate of drug-likeness (QED) is 0.741. The van der Waals surface area contributed by atoms with E-state index in [-0.39, 0.29) is 0 Å². The highest BCUT2D eigenvalue weighted by atomic mass is 15.1. The summed E-state index contributed by atoms with van der Waals surface area (Å²) in [5.74, 6) is 0. The summed E-state index contributed by atoms with van der Waals surface area (Å²) in [7, 11) is 2.20. The van der Waals surface area contributed by atoms with Crippen LogP contribution in [0.2, 0.25) is 0 Å². The maximum atomic E-state index is 5.74. The van der Waals surface area contributed by atoms with Crippen LogP contribution >= 0.6 is 0 Å². The summed E-state index contributed by atoms with van der Waals surface area (Å²) < 4.78 is 0. The highest BCUT2D eigenvalue weighted by Crippen LogP contribution is 2.24. The van der Waals surface area contributed by atoms with Gasteiger partial charge in [-0.2, -0.15) is 0 Å². The van der Waals surface area contributed by atoms with Crippen molar-refractivity contribution in [1.82, 2.24) is 4.90 Å². The Morgan fingerprint density at radius 2 is 2.21 bits per heavy atom. The molecule has 0 spiro atoms. The van der Waals surface area contributed by atoms with Gasteiger partial charge in [0.15, 0.2) is 0 Å². The molecule has 0 aliphatic heterocycles. The van der Waals surface area contributed by atoms with Gasteiger partial charge in [0.05, 0.1) is 0 Å². The molecule has 76 valence electrons. The Labute approximate surface area is 85.7 Å². The number of nitrogens with two attached hydrogens (primary N) is 1. The molecule has 1 aromatic rings. The van der Waals surface area contributed by atoms with Crippen LogP contribution in [0.15, 0.2) is 24.3 Å². The van der Waals surface area contributed by atoms with Gasteiger partial charge in [-0.1, -0.05) is 18.6 Å². The SMILES string of the molecule is CN(Cc1cccc(N)c1)C1CCC1. The van der Waals surface area contributed by atoms with Crippen molar-refractivity contribution in [2.45, 2.75) is 31.8 Å². The average molecular weight is 190 g/mol. The number of rotatable bonds is 3. The molecular weight excluding hydrogens is 172 g/mol. The fourth-order valence-electron chi connectivity index (χ4n) is 1.94. The zero-order chi connectivity index (χ0) is 9.97. The Bertz CT molecular complexity index is 305. The summed E-state index contributed by atoms with van der Waals surface area (Å²) in [5.41, 5.74) is 7.92. The van der Waals surface area contributed by atoms with Gasteiger partial charge >= 0.3 is 0 Å². The molecule has 0 amide bonds. The van der Waals surface area contributed by atoms with Crippen molar-refractivity contribution in [3.8, 4) is 0 Å². The molecule has 1 fully saturated rings. The van der Waals surface area contributed by atoms with E-state index in [0.717, 1.165) is 18.3 Å². The maximum absolute atomic E-state index is 5.74. The van der Waals surface area contributed by atoms with Gasteiger partial charge in [-0.25, -0.2) is 0 Å². The number of nitrogens with zero attached hydrogens (tertiary/aromatic N) is 1. The zero-order valence-corrected chi connectivity index (χ0v) is 8.74. The number of anilines is 1. The van der Waals surface area contributed by atoms with Gasteiger partial charge in [0, 0.05) is 18.3 Å². The normalized spacial score (nSPS) is 17.0. The Balaban J connectivity index is 1.95. The molecule has 1 aliphatic carbocycles. The van der Waals surface area contributed by atoms with Crippen LogP contribution in [0.4, 0.5) is 5.69 Å². The molecule has 0 radical (unpaired) electrons. The second-order valence-corrected chi connectivity index (χ2v) is 4.24. The monoisotopic (exact) mass is 190 g/mol. The lowest BCUT2D eigenvalue weighted by Crippen LogP contribution is -2.36. The van der Waals surface area contributed by atoms with E-state index in [0.29, 0.717) is 0 Å². The van der Waals surface area contributed by atoms with Crippen LogP contribution in [0.1, 0.15) is 24.8 Å². The molecule has 0 saturated heterocycles. The molecule has 2 nitrogen and oxygen atoms in total. The van der Waals surface area contributed by atoms with Crippen LogP contribution in [0.3, 0.4) is 0 Å². The van der Waals surface area contributed by atoms with Crippen molar-refractivity contribution in [3.05, 3.63) is 29.8 Å². The Morgan fingerprint density at radius 3 is 2.79 bits per heavy atom. The lowest BCUT2D eigenvalue weighted by atomic mass is 9.91. The third-order valence-corrected chi connectivity index (χ3v) is 3.08. The van der Waals surface area contributed by atoms with Crippen molar-refractivity contribution in [2.24, 2.45) is 0 Å². The minimum atomic E-state index is 0.802. The van der Waals surface area contributed by atoms with Gasteiger partial charge < -0.3 is 5.73 Å². The van der Waals surface area contributed by atoms with Crippen LogP contribution in [0, 0.1) is 0 Å². The van der Waals surface area contributed by atoms with Gasteiger partial charge in [0.25, 0.3) is 0 Å². The molecule has 1 saturated carbocycles. The summed E-state index contributed by atoms with van der Waals surface area (Å²) in [6, 6.07) is 8.98. The largest absolute Gasteiger partial charge is 0.399 e. The molecule has 1 aliphatic rings. The molecule has 2 N–H and O–H groups in total. The minimum Gasteiger partial charge on any atom is -0.399 e. The second kappa shape index (κ2) is 4.01. The standard InChI is InChI=1S/C12H18N2/c1-14(12-6-3-7-12)9-10-4-2-5-11(13)8-10/h2,4-5,8,12H,3,6-7,9,13H2,1H3. The molecule has 14 heavy (non-hydrogen) atoms. The van der Waals surface area contributed by atoms with Crippen molar-refractivity contribution in [3.63, 3.8) is 0 Å². The van der Waals surface area contributed by atoms with Crippen LogP contribution in [-0.2, 0) is 6.54 Å². The topological polar surface area (TPSA) is 29.3 Å². The average Bonchev–Trinajstić information content (AvgIpc) is 1.99. The molecule has 2 heteroatoms. The lowest BCUT2D eigenvalue weighted by molar-refractivity contribution is 0.152. The first kappa shape index (κ1) is 9.53. The predicted octanol–water partition coefficient (Wildman–Crippen LogP) is 2.25. The molecule has 0 bridgehead atoms. The Kier molecular flexibility index (Phi) is 2.73. The highest BCUT2D eigenvalue weighted by molar-refractivity contribution is 5.40. The van der Waals surface area contributed by atoms with E-state index in [1.165, 1.54) is 24.8 Å². The lowest BCUT2D eigenvalue weighted by Gasteiger charge is -2.34. The predicted molar refractivity (Wildman–Crippen MR) is 60.0 cm³/mol. The number of nitrogen functional groups attached to an aromatic ring is 1. The summed E-state index contributed by atoms with van der Waals surface area (Å²) in [4.78, 5) is 2.43. The molecule has 0 atom stereocenters. The van der Waals surface area contributed by atoms with E-state index >= 15 is 0 Å². The first-order valence-electron chi connectivity index (χ1n) is 5.30. The number of hydrogen-bond donors (Lipinski definition) is 1. The molecule has 0 heterocycles. The van der Waals surface area contributed by atoms with Gasteiger partial charge in [0.2, 0.25) is 0 Å². The van der Waals surface area contributed by atoms with Crippen LogP contribution in [-0.4, -0.2) is 18.0 Å². The number of hydrogen-bond acceptors (Lipinski definition) is 2. The van der Waals surface area contributed by atoms with Crippen molar-refractivity contribution < 1.29 is 0 Å². The fourth-order valence-corrected chi connectivity index (χ4v) is 1.94. The van der Waals surface area contributed by atoms with E-state index in [1.54, 1.807) is 0 Å². The molecule has 0 unspecified atom stereocenters. The van der Waals surface area contributed by atoms with E-state index in [2.05, 4.69) is 24.1 Å². The first-order chi connectivity index (χ1) is 6.75. The van der Waals surface area contributed by atoms with Crippen molar-refractivity contribution in [2.75, 3.05) is 12.8 Å². The smallest absolute Gasteiger partial charge is 0.0317 e. The van der Waals surface area contributed by atoms with E-state index in [1.807, 2.05) is 12.1 Å². The third-order valence-electron chi connectivity index (χ3n) is 3.08. The van der Waals surface area contributed by atoms with Gasteiger partial charge in [-0.3, -0.25) is 4.90 Å². The molecular formula is C12H18N2. The van der Waals surface area contributed by atoms with E-state index < -0.39 is 0 Å². The first-order valence-corrected chi connectivity index (χ1v) is 5.30. The highest BCUT2D eigenvalue weighted by Gasteiger charge is 2.21. The van der Waals surface area contributed by atoms with Gasteiger partial charge in [0.1, 0.15) is 0 Å². The van der Waals surface area contributed by atoms with Crippen LogP contribution in [0.5, 0.6) is 0 Å². The summed E-state index contributed by atoms with van der Waals surface area (Å²) in [5, 5.41) is 0. The zero-order valence-electron chi connectivity index (χ0n) is 8.74. The second-order valence-electron chi connectivity index (χ2n) is 4.24. The molecule has 0 aromatic heterocycles. The van der Waals surface area contributed by atoms with Crippen molar-refractivity contribution in [1.29, 1.82) is 0 Å². The van der Waals surface area contributed by atoms with Crippen LogP contribution in [0.25, 0.3) is 0 Å². The maximum Gasteiger partial charge on any atom is 0.0317 e. The van der Waals surface area contributed by atoms with Gasteiger partial charge in [-0.05, 0) is 37.6 Å². The molecule has 2 rings (SSSR count). The molecule has 1 aromatic carbocycles. The summed E-state index contributed by atoms with van der Waals surface area (Å²) >= 11 is 0. The van der Waals surface area contributed by atoms with Crippen LogP contribution < -0.4 is 5.73 Å². The summed E-state index contributed by atoms with van der Waals surface area (Å²) in [6.07, 6.45) is 4.11. The van der Waals surface area contributed by atoms with Crippen molar-refractivity contribution >= 4 is 5.69 Å².